The number of azo groups is 1. The molecule has 18 heavy (non-hydrogen) atoms. The van der Waals surface area contributed by atoms with Crippen molar-refractivity contribution in [3.05, 3.63) is 40.4 Å². The number of thiazole rings is 1. The summed E-state index contributed by atoms with van der Waals surface area (Å²) in [5.74, 6) is 0. The van der Waals surface area contributed by atoms with Crippen molar-refractivity contribution in [1.82, 2.24) is 4.98 Å². The van der Waals surface area contributed by atoms with E-state index < -0.39 is 0 Å². The smallest absolute Gasteiger partial charge is 0.185 e. The number of hydrogen-bond donors (Lipinski definition) is 0. The Kier molecular flexibility index (Phi) is 3.11. The number of fused-ring (bicyclic) bond motifs is 1. The highest BCUT2D eigenvalue weighted by Gasteiger charge is 2.06. The molecule has 0 unspecified atom stereocenters. The number of aryl methyl sites for hydroxylation is 1. The van der Waals surface area contributed by atoms with Crippen molar-refractivity contribution in [2.24, 2.45) is 10.2 Å². The Balaban J connectivity index is 1.86. The van der Waals surface area contributed by atoms with Gasteiger partial charge in [-0.2, -0.15) is 0 Å². The molecule has 6 heteroatoms. The van der Waals surface area contributed by atoms with Gasteiger partial charge in [0.25, 0.3) is 0 Å². The van der Waals surface area contributed by atoms with Crippen LogP contribution in [0.1, 0.15) is 5.56 Å². The fraction of sp³-hybridized carbons (Fsp3) is 0.0833. The van der Waals surface area contributed by atoms with Gasteiger partial charge in [-0.25, -0.2) is 4.98 Å². The van der Waals surface area contributed by atoms with E-state index in [9.17, 15) is 0 Å². The van der Waals surface area contributed by atoms with Gasteiger partial charge in [0.15, 0.2) is 4.47 Å². The molecule has 0 aliphatic rings. The van der Waals surface area contributed by atoms with Crippen LogP contribution in [-0.2, 0) is 0 Å². The van der Waals surface area contributed by atoms with Crippen molar-refractivity contribution < 1.29 is 0 Å². The van der Waals surface area contributed by atoms with Crippen LogP contribution in [0, 0.1) is 6.92 Å². The molecule has 3 rings (SSSR count). The lowest BCUT2D eigenvalue weighted by atomic mass is 10.2. The number of rotatable bonds is 2. The maximum Gasteiger partial charge on any atom is 0.185 e. The number of aromatic nitrogens is 1. The fourth-order valence-electron chi connectivity index (χ4n) is 1.46. The van der Waals surface area contributed by atoms with Gasteiger partial charge < -0.3 is 0 Å². The summed E-state index contributed by atoms with van der Waals surface area (Å²) in [7, 11) is 0. The number of halogens is 1. The second-order valence-corrected chi connectivity index (χ2v) is 6.38. The summed E-state index contributed by atoms with van der Waals surface area (Å²) in [5, 5.41) is 9.25. The largest absolute Gasteiger partial charge is 0.214 e. The Hall–Kier alpha value is -1.30. The van der Waals surface area contributed by atoms with E-state index in [1.807, 2.05) is 37.3 Å². The highest BCUT2D eigenvalue weighted by molar-refractivity contribution is 7.30. The van der Waals surface area contributed by atoms with E-state index in [0.29, 0.717) is 4.47 Å². The number of thiophene rings is 1. The lowest BCUT2D eigenvalue weighted by Gasteiger charge is -1.92. The zero-order valence-electron chi connectivity index (χ0n) is 9.42. The average Bonchev–Trinajstić information content (AvgIpc) is 2.85. The Morgan fingerprint density at radius 3 is 2.61 bits per heavy atom. The Bertz CT molecular complexity index is 681. The summed E-state index contributed by atoms with van der Waals surface area (Å²) in [5.41, 5.74) is 2.06. The zero-order valence-corrected chi connectivity index (χ0v) is 11.8. The van der Waals surface area contributed by atoms with Crippen molar-refractivity contribution in [2.75, 3.05) is 0 Å². The average molecular weight is 294 g/mol. The van der Waals surface area contributed by atoms with E-state index >= 15 is 0 Å². The predicted octanol–water partition coefficient (Wildman–Crippen LogP) is 5.74. The fourth-order valence-corrected chi connectivity index (χ4v) is 3.61. The molecule has 0 bridgehead atoms. The summed E-state index contributed by atoms with van der Waals surface area (Å²) < 4.78 is 1.63. The van der Waals surface area contributed by atoms with Crippen LogP contribution in [0.4, 0.5) is 10.7 Å². The molecule has 0 amide bonds. The molecule has 0 aliphatic heterocycles. The summed E-state index contributed by atoms with van der Waals surface area (Å²) in [6.07, 6.45) is 0. The normalized spacial score (nSPS) is 11.7. The number of benzene rings is 1. The maximum absolute atomic E-state index is 5.82. The number of hydrogen-bond acceptors (Lipinski definition) is 5. The zero-order chi connectivity index (χ0) is 12.5. The van der Waals surface area contributed by atoms with Crippen LogP contribution in [0.2, 0.25) is 4.47 Å². The first kappa shape index (κ1) is 11.8. The van der Waals surface area contributed by atoms with Gasteiger partial charge in [-0.15, -0.1) is 21.6 Å². The standard InChI is InChI=1S/C12H8ClN3S2/c1-7-2-4-8(5-3-7)15-16-10-6-9-11(18-10)14-12(13)17-9/h2-6H,1H3. The van der Waals surface area contributed by atoms with E-state index in [-0.39, 0.29) is 0 Å². The van der Waals surface area contributed by atoms with E-state index in [1.54, 1.807) is 0 Å². The molecule has 2 heterocycles. The van der Waals surface area contributed by atoms with E-state index in [1.165, 1.54) is 28.2 Å². The van der Waals surface area contributed by atoms with Gasteiger partial charge in [-0.3, -0.25) is 0 Å². The molecule has 3 nitrogen and oxygen atoms in total. The molecule has 0 saturated carbocycles. The Morgan fingerprint density at radius 2 is 1.89 bits per heavy atom. The molecule has 0 spiro atoms. The minimum absolute atomic E-state index is 0.568. The second-order valence-electron chi connectivity index (χ2n) is 3.76. The van der Waals surface area contributed by atoms with Crippen LogP contribution in [-0.4, -0.2) is 4.98 Å². The maximum atomic E-state index is 5.82. The van der Waals surface area contributed by atoms with Crippen LogP contribution in [0.15, 0.2) is 40.6 Å². The van der Waals surface area contributed by atoms with Gasteiger partial charge in [0.05, 0.1) is 10.4 Å². The highest BCUT2D eigenvalue weighted by Crippen LogP contribution is 2.37. The third kappa shape index (κ3) is 2.43. The molecule has 0 fully saturated rings. The molecule has 90 valence electrons. The molecule has 1 aromatic carbocycles. The first-order valence-electron chi connectivity index (χ1n) is 5.25. The van der Waals surface area contributed by atoms with Crippen molar-refractivity contribution in [1.29, 1.82) is 0 Å². The second kappa shape index (κ2) is 4.76. The first-order chi connectivity index (χ1) is 8.70. The topological polar surface area (TPSA) is 37.6 Å². The van der Waals surface area contributed by atoms with Crippen LogP contribution in [0.25, 0.3) is 9.53 Å². The number of nitrogens with zero attached hydrogens (tertiary/aromatic N) is 3. The van der Waals surface area contributed by atoms with Crippen LogP contribution in [0.5, 0.6) is 0 Å². The molecule has 3 aromatic rings. The molecule has 0 saturated heterocycles. The third-order valence-electron chi connectivity index (χ3n) is 2.35. The minimum Gasteiger partial charge on any atom is -0.214 e. The van der Waals surface area contributed by atoms with Gasteiger partial charge in [0.2, 0.25) is 0 Å². The molecular weight excluding hydrogens is 286 g/mol. The Morgan fingerprint density at radius 1 is 1.11 bits per heavy atom. The van der Waals surface area contributed by atoms with Gasteiger partial charge in [-0.1, -0.05) is 40.6 Å². The summed E-state index contributed by atoms with van der Waals surface area (Å²) in [4.78, 5) is 5.12. The summed E-state index contributed by atoms with van der Waals surface area (Å²) in [6.45, 7) is 2.05. The monoisotopic (exact) mass is 293 g/mol. The highest BCUT2D eigenvalue weighted by atomic mass is 35.5. The minimum atomic E-state index is 0.568. The van der Waals surface area contributed by atoms with Crippen molar-refractivity contribution in [3.63, 3.8) is 0 Å². The quantitative estimate of drug-likeness (QED) is 0.555. The first-order valence-corrected chi connectivity index (χ1v) is 7.26. The van der Waals surface area contributed by atoms with Crippen LogP contribution in [0.3, 0.4) is 0 Å². The molecule has 2 aromatic heterocycles. The molecule has 0 radical (unpaired) electrons. The van der Waals surface area contributed by atoms with Crippen molar-refractivity contribution in [3.8, 4) is 0 Å². The third-order valence-corrected chi connectivity index (χ3v) is 4.50. The van der Waals surface area contributed by atoms with E-state index in [0.717, 1.165) is 20.2 Å². The van der Waals surface area contributed by atoms with Gasteiger partial charge in [0, 0.05) is 0 Å². The van der Waals surface area contributed by atoms with Gasteiger partial charge in [0.1, 0.15) is 9.83 Å². The predicted molar refractivity (Wildman–Crippen MR) is 77.9 cm³/mol. The van der Waals surface area contributed by atoms with Gasteiger partial charge in [-0.05, 0) is 25.1 Å². The SMILES string of the molecule is Cc1ccc(N=Nc2cc3sc(Cl)nc3s2)cc1. The van der Waals surface area contributed by atoms with Crippen LogP contribution < -0.4 is 0 Å². The van der Waals surface area contributed by atoms with E-state index in [4.69, 9.17) is 11.6 Å². The molecule has 0 N–H and O–H groups in total. The van der Waals surface area contributed by atoms with Crippen molar-refractivity contribution in [2.45, 2.75) is 6.92 Å². The summed E-state index contributed by atoms with van der Waals surface area (Å²) >= 11 is 8.78. The van der Waals surface area contributed by atoms with Gasteiger partial charge >= 0.3 is 0 Å². The van der Waals surface area contributed by atoms with Crippen molar-refractivity contribution >= 4 is 54.5 Å². The Labute approximate surface area is 117 Å². The van der Waals surface area contributed by atoms with E-state index in [2.05, 4.69) is 15.2 Å². The summed E-state index contributed by atoms with van der Waals surface area (Å²) in [6, 6.07) is 9.89. The van der Waals surface area contributed by atoms with Crippen LogP contribution >= 0.6 is 34.3 Å². The lowest BCUT2D eigenvalue weighted by Crippen LogP contribution is -1.67. The molecular formula is C12H8ClN3S2. The molecule has 0 atom stereocenters. The lowest BCUT2D eigenvalue weighted by molar-refractivity contribution is 1.25. The molecule has 0 aliphatic carbocycles.